The molecular formula is C15H21N3O3. The molecule has 1 atom stereocenters. The largest absolute Gasteiger partial charge is 0.461 e. The molecule has 1 aliphatic heterocycles. The van der Waals surface area contributed by atoms with Gasteiger partial charge in [0.15, 0.2) is 5.76 Å². The van der Waals surface area contributed by atoms with Crippen LogP contribution in [-0.4, -0.2) is 27.4 Å². The van der Waals surface area contributed by atoms with Crippen LogP contribution in [0.2, 0.25) is 0 Å². The van der Waals surface area contributed by atoms with Gasteiger partial charge in [0.05, 0.1) is 24.0 Å². The minimum atomic E-state index is -0.215. The summed E-state index contributed by atoms with van der Waals surface area (Å²) in [4.78, 5) is 4.32. The average molecular weight is 291 g/mol. The van der Waals surface area contributed by atoms with Crippen LogP contribution in [0.15, 0.2) is 27.3 Å². The van der Waals surface area contributed by atoms with E-state index in [4.69, 9.17) is 13.7 Å². The third kappa shape index (κ3) is 3.01. The van der Waals surface area contributed by atoms with Gasteiger partial charge in [0.1, 0.15) is 0 Å². The summed E-state index contributed by atoms with van der Waals surface area (Å²) in [5.74, 6) is 1.62. The zero-order chi connectivity index (χ0) is 15.1. The Morgan fingerprint density at radius 2 is 2.14 bits per heavy atom. The Bertz CT molecular complexity index is 601. The van der Waals surface area contributed by atoms with Crippen LogP contribution in [0.4, 0.5) is 0 Å². The van der Waals surface area contributed by atoms with Gasteiger partial charge in [-0.15, -0.1) is 0 Å². The zero-order valence-electron chi connectivity index (χ0n) is 12.8. The van der Waals surface area contributed by atoms with Crippen LogP contribution in [0.3, 0.4) is 0 Å². The van der Waals surface area contributed by atoms with E-state index in [0.29, 0.717) is 24.0 Å². The van der Waals surface area contributed by atoms with Crippen molar-refractivity contribution in [3.8, 4) is 11.6 Å². The van der Waals surface area contributed by atoms with E-state index in [0.717, 1.165) is 6.42 Å². The molecule has 21 heavy (non-hydrogen) atoms. The van der Waals surface area contributed by atoms with Crippen molar-refractivity contribution in [3.05, 3.63) is 24.3 Å². The first kappa shape index (κ1) is 14.3. The number of rotatable bonds is 4. The Morgan fingerprint density at radius 3 is 2.76 bits per heavy atom. The fourth-order valence-electron chi connectivity index (χ4n) is 2.92. The fourth-order valence-corrected chi connectivity index (χ4v) is 2.92. The van der Waals surface area contributed by atoms with Crippen LogP contribution in [0.5, 0.6) is 0 Å². The maximum atomic E-state index is 6.06. The Morgan fingerprint density at radius 1 is 1.33 bits per heavy atom. The lowest BCUT2D eigenvalue weighted by Crippen LogP contribution is -2.43. The molecule has 1 N–H and O–H groups in total. The van der Waals surface area contributed by atoms with Gasteiger partial charge in [-0.2, -0.15) is 4.98 Å². The first-order valence-electron chi connectivity index (χ1n) is 7.16. The highest BCUT2D eigenvalue weighted by atomic mass is 16.5. The summed E-state index contributed by atoms with van der Waals surface area (Å²) in [6.45, 7) is 8.93. The number of furan rings is 1. The Hall–Kier alpha value is -1.66. The van der Waals surface area contributed by atoms with Gasteiger partial charge in [0, 0.05) is 6.04 Å². The van der Waals surface area contributed by atoms with Crippen LogP contribution < -0.4 is 5.32 Å². The monoisotopic (exact) mass is 291 g/mol. The van der Waals surface area contributed by atoms with Crippen molar-refractivity contribution < 1.29 is 13.7 Å². The Labute approximate surface area is 123 Å². The second kappa shape index (κ2) is 4.96. The second-order valence-corrected chi connectivity index (χ2v) is 6.59. The van der Waals surface area contributed by atoms with E-state index in [-0.39, 0.29) is 17.2 Å². The zero-order valence-corrected chi connectivity index (χ0v) is 12.8. The third-order valence-corrected chi connectivity index (χ3v) is 3.78. The molecule has 114 valence electrons. The minimum Gasteiger partial charge on any atom is -0.461 e. The molecule has 0 amide bonds. The summed E-state index contributed by atoms with van der Waals surface area (Å²) >= 11 is 0. The van der Waals surface area contributed by atoms with Gasteiger partial charge >= 0.3 is 0 Å². The fraction of sp³-hybridized carbons (Fsp3) is 0.600. The van der Waals surface area contributed by atoms with Crippen LogP contribution in [0.1, 0.15) is 40.0 Å². The van der Waals surface area contributed by atoms with Gasteiger partial charge in [0.25, 0.3) is 0 Å². The highest BCUT2D eigenvalue weighted by molar-refractivity contribution is 5.44. The van der Waals surface area contributed by atoms with Crippen molar-refractivity contribution in [2.45, 2.75) is 57.9 Å². The molecule has 0 saturated carbocycles. The molecule has 1 saturated heterocycles. The minimum absolute atomic E-state index is 0.116. The molecular weight excluding hydrogens is 270 g/mol. The number of hydrogen-bond acceptors (Lipinski definition) is 6. The SMILES string of the molecule is CC1(C)C[C@@H](NCc2nc(-c3ccco3)no2)C(C)(C)O1. The van der Waals surface area contributed by atoms with Crippen molar-refractivity contribution in [3.63, 3.8) is 0 Å². The smallest absolute Gasteiger partial charge is 0.241 e. The highest BCUT2D eigenvalue weighted by Crippen LogP contribution is 2.37. The van der Waals surface area contributed by atoms with E-state index < -0.39 is 0 Å². The molecule has 0 aliphatic carbocycles. The standard InChI is InChI=1S/C15H21N3O3/c1-14(2)8-11(15(3,4)21-14)16-9-12-17-13(18-20-12)10-6-5-7-19-10/h5-7,11,16H,8-9H2,1-4H3/t11-/m1/s1. The van der Waals surface area contributed by atoms with Crippen LogP contribution >= 0.6 is 0 Å². The number of hydrogen-bond donors (Lipinski definition) is 1. The van der Waals surface area contributed by atoms with E-state index in [1.807, 2.05) is 0 Å². The van der Waals surface area contributed by atoms with Crippen LogP contribution in [0.25, 0.3) is 11.6 Å². The van der Waals surface area contributed by atoms with E-state index in [1.54, 1.807) is 18.4 Å². The summed E-state index contributed by atoms with van der Waals surface area (Å²) in [6, 6.07) is 3.84. The molecule has 2 aromatic heterocycles. The second-order valence-electron chi connectivity index (χ2n) is 6.59. The molecule has 6 heteroatoms. The van der Waals surface area contributed by atoms with E-state index in [9.17, 15) is 0 Å². The van der Waals surface area contributed by atoms with Crippen LogP contribution in [0, 0.1) is 0 Å². The van der Waals surface area contributed by atoms with Crippen molar-refractivity contribution in [1.29, 1.82) is 0 Å². The lowest BCUT2D eigenvalue weighted by Gasteiger charge is -2.27. The number of ether oxygens (including phenoxy) is 1. The van der Waals surface area contributed by atoms with Gasteiger partial charge < -0.3 is 19.0 Å². The van der Waals surface area contributed by atoms with E-state index >= 15 is 0 Å². The highest BCUT2D eigenvalue weighted by Gasteiger charge is 2.45. The lowest BCUT2D eigenvalue weighted by molar-refractivity contribution is -0.0700. The van der Waals surface area contributed by atoms with E-state index in [2.05, 4.69) is 43.2 Å². The van der Waals surface area contributed by atoms with Crippen molar-refractivity contribution >= 4 is 0 Å². The summed E-state index contributed by atoms with van der Waals surface area (Å²) in [5.41, 5.74) is -0.331. The molecule has 0 radical (unpaired) electrons. The molecule has 0 unspecified atom stereocenters. The van der Waals surface area contributed by atoms with E-state index in [1.165, 1.54) is 0 Å². The van der Waals surface area contributed by atoms with Gasteiger partial charge in [-0.3, -0.25) is 0 Å². The number of nitrogens with one attached hydrogen (secondary N) is 1. The topological polar surface area (TPSA) is 73.3 Å². The summed E-state index contributed by atoms with van der Waals surface area (Å²) in [7, 11) is 0. The Balaban J connectivity index is 1.63. The summed E-state index contributed by atoms with van der Waals surface area (Å²) in [5, 5.41) is 7.37. The number of nitrogens with zero attached hydrogens (tertiary/aromatic N) is 2. The normalized spacial score (nSPS) is 23.5. The Kier molecular flexibility index (Phi) is 3.37. The summed E-state index contributed by atoms with van der Waals surface area (Å²) < 4.78 is 16.5. The first-order chi connectivity index (χ1) is 9.86. The predicted molar refractivity (Wildman–Crippen MR) is 76.5 cm³/mol. The third-order valence-electron chi connectivity index (χ3n) is 3.78. The molecule has 3 heterocycles. The predicted octanol–water partition coefficient (Wildman–Crippen LogP) is 2.77. The molecule has 0 aromatic carbocycles. The van der Waals surface area contributed by atoms with Gasteiger partial charge in [-0.25, -0.2) is 0 Å². The molecule has 2 aromatic rings. The molecule has 3 rings (SSSR count). The van der Waals surface area contributed by atoms with Gasteiger partial charge in [-0.1, -0.05) is 5.16 Å². The van der Waals surface area contributed by atoms with Crippen LogP contribution in [-0.2, 0) is 11.3 Å². The van der Waals surface area contributed by atoms with Crippen molar-refractivity contribution in [2.24, 2.45) is 0 Å². The van der Waals surface area contributed by atoms with Crippen molar-refractivity contribution in [2.75, 3.05) is 0 Å². The summed E-state index contributed by atoms with van der Waals surface area (Å²) in [6.07, 6.45) is 2.53. The maximum absolute atomic E-state index is 6.06. The maximum Gasteiger partial charge on any atom is 0.241 e. The molecule has 0 spiro atoms. The van der Waals surface area contributed by atoms with Gasteiger partial charge in [-0.05, 0) is 46.2 Å². The average Bonchev–Trinajstić information content (AvgIpc) is 3.05. The molecule has 0 bridgehead atoms. The van der Waals surface area contributed by atoms with Crippen molar-refractivity contribution in [1.82, 2.24) is 15.5 Å². The molecule has 1 fully saturated rings. The lowest BCUT2D eigenvalue weighted by atomic mass is 9.94. The first-order valence-corrected chi connectivity index (χ1v) is 7.16. The quantitative estimate of drug-likeness (QED) is 0.933. The number of aromatic nitrogens is 2. The van der Waals surface area contributed by atoms with Gasteiger partial charge in [0.2, 0.25) is 11.7 Å². The molecule has 1 aliphatic rings. The molecule has 6 nitrogen and oxygen atoms in total.